The van der Waals surface area contributed by atoms with Gasteiger partial charge in [0.2, 0.25) is 0 Å². The molecule has 0 saturated carbocycles. The van der Waals surface area contributed by atoms with Crippen LogP contribution in [0.1, 0.15) is 16.7 Å². The van der Waals surface area contributed by atoms with Gasteiger partial charge in [0, 0.05) is 37.4 Å². The molecule has 2 N–H and O–H groups in total. The summed E-state index contributed by atoms with van der Waals surface area (Å²) in [4.78, 5) is 17.9. The highest BCUT2D eigenvalue weighted by Crippen LogP contribution is 2.33. The number of benzene rings is 6. The highest BCUT2D eigenvalue weighted by molar-refractivity contribution is 7.99. The van der Waals surface area contributed by atoms with E-state index in [1.165, 1.54) is 0 Å². The van der Waals surface area contributed by atoms with E-state index in [-0.39, 0.29) is 16.9 Å². The minimum atomic E-state index is 0.0541. The van der Waals surface area contributed by atoms with Gasteiger partial charge >= 0.3 is 0 Å². The van der Waals surface area contributed by atoms with E-state index in [4.69, 9.17) is 0 Å². The number of phenolic OH excluding ortho intramolecular Hbond substituents is 2. The first kappa shape index (κ1) is 30.5. The number of phenols is 2. The smallest absolute Gasteiger partial charge is 0.197 e. The van der Waals surface area contributed by atoms with E-state index in [0.29, 0.717) is 6.42 Å². The summed E-state index contributed by atoms with van der Waals surface area (Å²) in [5, 5.41) is 20.7. The van der Waals surface area contributed by atoms with Crippen molar-refractivity contribution in [1.82, 2.24) is 4.57 Å². The fourth-order valence-corrected chi connectivity index (χ4v) is 7.36. The Morgan fingerprint density at radius 2 is 1.13 bits per heavy atom. The van der Waals surface area contributed by atoms with Crippen LogP contribution in [-0.4, -0.2) is 14.8 Å². The lowest BCUT2D eigenvalue weighted by Gasteiger charge is -2.14. The molecule has 0 bridgehead atoms. The first-order valence-corrected chi connectivity index (χ1v) is 16.9. The van der Waals surface area contributed by atoms with Crippen molar-refractivity contribution in [3.05, 3.63) is 166 Å². The van der Waals surface area contributed by atoms with Crippen molar-refractivity contribution < 1.29 is 10.2 Å². The average molecular weight is 650 g/mol. The third-order valence-corrected chi connectivity index (χ3v) is 10.2. The summed E-state index contributed by atoms with van der Waals surface area (Å²) < 4.78 is 2.09. The van der Waals surface area contributed by atoms with Crippen molar-refractivity contribution in [2.45, 2.75) is 26.0 Å². The molecule has 0 aliphatic heterocycles. The van der Waals surface area contributed by atoms with Gasteiger partial charge in [-0.25, -0.2) is 0 Å². The van der Waals surface area contributed by atoms with Crippen LogP contribution in [0.15, 0.2) is 164 Å². The number of rotatable bonds is 8. The summed E-state index contributed by atoms with van der Waals surface area (Å²) in [6, 6.07) is 45.5. The molecule has 0 aliphatic rings. The molecule has 0 atom stereocenters. The second kappa shape index (κ2) is 13.3. The van der Waals surface area contributed by atoms with E-state index in [1.54, 1.807) is 47.8 Å². The molecule has 0 saturated heterocycles. The molecule has 4 nitrogen and oxygen atoms in total. The maximum absolute atomic E-state index is 13.6. The number of para-hydroxylation sites is 1. The molecule has 230 valence electrons. The van der Waals surface area contributed by atoms with Crippen molar-refractivity contribution >= 4 is 57.0 Å². The van der Waals surface area contributed by atoms with E-state index in [9.17, 15) is 15.0 Å². The van der Waals surface area contributed by atoms with Crippen molar-refractivity contribution in [1.29, 1.82) is 0 Å². The lowest BCUT2D eigenvalue weighted by Crippen LogP contribution is -2.09. The van der Waals surface area contributed by atoms with Crippen molar-refractivity contribution in [2.24, 2.45) is 7.05 Å². The van der Waals surface area contributed by atoms with E-state index < -0.39 is 0 Å². The Hall–Kier alpha value is -5.17. The standard InChI is InChI=1S/C41H31NO3S2/c1-42-39-5-3-2-4-37(39)41(45)38-26-28(8-23-40(38)42)25-30(29-9-17-34(18-10-29)47-36-21-13-32(44)14-22-36)24-27-6-15-33(16-7-27)46-35-19-11-31(43)12-20-35/h2-24,26,43-44H,25H2,1H3/b30-24-. The Morgan fingerprint density at radius 3 is 1.72 bits per heavy atom. The number of hydrogen-bond donors (Lipinski definition) is 2. The quantitative estimate of drug-likeness (QED) is 0.127. The lowest BCUT2D eigenvalue weighted by atomic mass is 9.95. The molecule has 6 aromatic carbocycles. The van der Waals surface area contributed by atoms with E-state index in [1.807, 2.05) is 61.6 Å². The molecular formula is C41H31NO3S2. The van der Waals surface area contributed by atoms with E-state index in [2.05, 4.69) is 71.3 Å². The molecule has 6 heteroatoms. The molecule has 0 spiro atoms. The third kappa shape index (κ3) is 6.85. The Bertz CT molecular complexity index is 2290. The van der Waals surface area contributed by atoms with Gasteiger partial charge in [0.1, 0.15) is 11.5 Å². The van der Waals surface area contributed by atoms with Gasteiger partial charge in [-0.05, 0) is 126 Å². The average Bonchev–Trinajstić information content (AvgIpc) is 3.10. The fraction of sp³-hybridized carbons (Fsp3) is 0.0488. The normalized spacial score (nSPS) is 11.7. The molecule has 0 unspecified atom stereocenters. The molecule has 7 aromatic rings. The molecule has 7 rings (SSSR count). The molecule has 47 heavy (non-hydrogen) atoms. The third-order valence-electron chi connectivity index (χ3n) is 8.16. The Kier molecular flexibility index (Phi) is 8.62. The molecule has 0 aliphatic carbocycles. The lowest BCUT2D eigenvalue weighted by molar-refractivity contribution is 0.474. The number of aryl methyl sites for hydroxylation is 1. The van der Waals surface area contributed by atoms with Gasteiger partial charge in [0.15, 0.2) is 5.43 Å². The minimum Gasteiger partial charge on any atom is -0.508 e. The second-order valence-electron chi connectivity index (χ2n) is 11.4. The van der Waals surface area contributed by atoms with Gasteiger partial charge in [0.25, 0.3) is 0 Å². The molecule has 0 fully saturated rings. The summed E-state index contributed by atoms with van der Waals surface area (Å²) in [7, 11) is 2.01. The maximum atomic E-state index is 13.6. The van der Waals surface area contributed by atoms with E-state index in [0.717, 1.165) is 63.7 Å². The van der Waals surface area contributed by atoms with Gasteiger partial charge in [-0.1, -0.05) is 72.1 Å². The number of fused-ring (bicyclic) bond motifs is 2. The summed E-state index contributed by atoms with van der Waals surface area (Å²) in [5.74, 6) is 0.515. The zero-order valence-electron chi connectivity index (χ0n) is 25.6. The van der Waals surface area contributed by atoms with Gasteiger partial charge in [0.05, 0.1) is 11.0 Å². The number of aromatic hydroxyl groups is 2. The predicted octanol–water partition coefficient (Wildman–Crippen LogP) is 10.2. The number of pyridine rings is 1. The molecule has 0 radical (unpaired) electrons. The van der Waals surface area contributed by atoms with Gasteiger partial charge in [-0.2, -0.15) is 0 Å². The summed E-state index contributed by atoms with van der Waals surface area (Å²) >= 11 is 3.30. The topological polar surface area (TPSA) is 62.5 Å². The summed E-state index contributed by atoms with van der Waals surface area (Å²) in [6.07, 6.45) is 2.88. The van der Waals surface area contributed by atoms with Crippen LogP contribution >= 0.6 is 23.5 Å². The monoisotopic (exact) mass is 649 g/mol. The highest BCUT2D eigenvalue weighted by atomic mass is 32.2. The predicted molar refractivity (Wildman–Crippen MR) is 196 cm³/mol. The molecule has 1 heterocycles. The van der Waals surface area contributed by atoms with Crippen LogP contribution < -0.4 is 5.43 Å². The zero-order chi connectivity index (χ0) is 32.3. The Balaban J connectivity index is 1.22. The van der Waals surface area contributed by atoms with Crippen molar-refractivity contribution in [3.63, 3.8) is 0 Å². The molecular weight excluding hydrogens is 619 g/mol. The van der Waals surface area contributed by atoms with Crippen LogP contribution in [0.25, 0.3) is 33.5 Å². The van der Waals surface area contributed by atoms with Crippen molar-refractivity contribution in [3.8, 4) is 11.5 Å². The zero-order valence-corrected chi connectivity index (χ0v) is 27.3. The fourth-order valence-electron chi connectivity index (χ4n) is 5.73. The summed E-state index contributed by atoms with van der Waals surface area (Å²) in [6.45, 7) is 0. The van der Waals surface area contributed by atoms with Crippen LogP contribution in [0.5, 0.6) is 11.5 Å². The maximum Gasteiger partial charge on any atom is 0.197 e. The number of allylic oxidation sites excluding steroid dienone is 1. The first-order chi connectivity index (χ1) is 22.9. The molecule has 0 amide bonds. The largest absolute Gasteiger partial charge is 0.508 e. The van der Waals surface area contributed by atoms with Crippen LogP contribution in [0.4, 0.5) is 0 Å². The highest BCUT2D eigenvalue weighted by Gasteiger charge is 2.12. The van der Waals surface area contributed by atoms with Crippen LogP contribution in [0.2, 0.25) is 0 Å². The second-order valence-corrected chi connectivity index (χ2v) is 13.7. The first-order valence-electron chi connectivity index (χ1n) is 15.2. The number of aromatic nitrogens is 1. The SMILES string of the molecule is Cn1c2ccccc2c(=O)c2cc(C/C(=C/c3ccc(Sc4ccc(O)cc4)cc3)c3ccc(Sc4ccc(O)cc4)cc3)ccc21. The number of hydrogen-bond acceptors (Lipinski definition) is 5. The summed E-state index contributed by atoms with van der Waals surface area (Å²) in [5.41, 5.74) is 6.30. The number of nitrogens with zero attached hydrogens (tertiary/aromatic N) is 1. The van der Waals surface area contributed by atoms with E-state index >= 15 is 0 Å². The van der Waals surface area contributed by atoms with Crippen LogP contribution in [-0.2, 0) is 13.5 Å². The van der Waals surface area contributed by atoms with Gasteiger partial charge < -0.3 is 14.8 Å². The minimum absolute atomic E-state index is 0.0541. The van der Waals surface area contributed by atoms with Gasteiger partial charge in [-0.15, -0.1) is 0 Å². The Morgan fingerprint density at radius 1 is 0.617 bits per heavy atom. The van der Waals surface area contributed by atoms with Crippen molar-refractivity contribution in [2.75, 3.05) is 0 Å². The van der Waals surface area contributed by atoms with Crippen LogP contribution in [0, 0.1) is 0 Å². The van der Waals surface area contributed by atoms with Crippen LogP contribution in [0.3, 0.4) is 0 Å². The molecule has 1 aromatic heterocycles. The van der Waals surface area contributed by atoms with Gasteiger partial charge in [-0.3, -0.25) is 4.79 Å². The Labute approximate surface area is 281 Å².